The number of rotatable bonds is 3. The Balaban J connectivity index is 1.37. The van der Waals surface area contributed by atoms with Crippen molar-refractivity contribution < 1.29 is 5.11 Å². The zero-order valence-corrected chi connectivity index (χ0v) is 19.3. The van der Waals surface area contributed by atoms with Crippen LogP contribution in [0.5, 0.6) is 0 Å². The molecule has 0 spiro atoms. The Morgan fingerprint density at radius 3 is 2.59 bits per heavy atom. The third-order valence-electron chi connectivity index (χ3n) is 10.6. The van der Waals surface area contributed by atoms with Crippen LogP contribution >= 0.6 is 0 Å². The van der Waals surface area contributed by atoms with E-state index >= 15 is 0 Å². The Bertz CT molecular complexity index is 695. The first-order valence-corrected chi connectivity index (χ1v) is 13.0. The Morgan fingerprint density at radius 2 is 1.79 bits per heavy atom. The van der Waals surface area contributed by atoms with Gasteiger partial charge in [-0.15, -0.1) is 0 Å². The minimum atomic E-state index is -0.0419. The van der Waals surface area contributed by atoms with E-state index in [1.54, 1.807) is 11.1 Å². The molecular formula is C28H44O. The Morgan fingerprint density at radius 1 is 1.00 bits per heavy atom. The molecular weight excluding hydrogens is 352 g/mol. The van der Waals surface area contributed by atoms with Gasteiger partial charge in [-0.05, 0) is 103 Å². The lowest BCUT2D eigenvalue weighted by Gasteiger charge is -2.54. The summed E-state index contributed by atoms with van der Waals surface area (Å²) < 4.78 is 0. The summed E-state index contributed by atoms with van der Waals surface area (Å²) in [6.45, 7) is 7.78. The van der Waals surface area contributed by atoms with Gasteiger partial charge in [0.05, 0.1) is 6.10 Å². The van der Waals surface area contributed by atoms with Gasteiger partial charge in [0.25, 0.3) is 0 Å². The van der Waals surface area contributed by atoms with Gasteiger partial charge in [0.2, 0.25) is 0 Å². The number of fused-ring (bicyclic) bond motifs is 4. The predicted molar refractivity (Wildman–Crippen MR) is 122 cm³/mol. The molecule has 0 saturated heterocycles. The number of hydrogen-bond acceptors (Lipinski definition) is 1. The van der Waals surface area contributed by atoms with Crippen molar-refractivity contribution in [1.82, 2.24) is 0 Å². The molecule has 2 fully saturated rings. The van der Waals surface area contributed by atoms with Crippen LogP contribution in [0.15, 0.2) is 22.8 Å². The van der Waals surface area contributed by atoms with Crippen molar-refractivity contribution in [2.75, 3.05) is 0 Å². The third kappa shape index (κ3) is 3.29. The molecule has 162 valence electrons. The molecule has 1 nitrogen and oxygen atoms in total. The van der Waals surface area contributed by atoms with Crippen LogP contribution in [0.2, 0.25) is 0 Å². The molecule has 29 heavy (non-hydrogen) atoms. The van der Waals surface area contributed by atoms with Gasteiger partial charge >= 0.3 is 0 Å². The van der Waals surface area contributed by atoms with E-state index in [1.807, 2.05) is 5.57 Å². The summed E-state index contributed by atoms with van der Waals surface area (Å²) in [5.74, 6) is 3.47. The maximum Gasteiger partial charge on any atom is 0.0543 e. The second kappa shape index (κ2) is 7.54. The summed E-state index contributed by atoms with van der Waals surface area (Å²) in [7, 11) is 0. The predicted octanol–water partition coefficient (Wildman–Crippen LogP) is 7.60. The maximum absolute atomic E-state index is 10.3. The highest BCUT2D eigenvalue weighted by molar-refractivity contribution is 5.49. The van der Waals surface area contributed by atoms with Crippen molar-refractivity contribution in [2.24, 2.45) is 34.5 Å². The fourth-order valence-corrected chi connectivity index (χ4v) is 8.84. The lowest BCUT2D eigenvalue weighted by molar-refractivity contribution is 0.0223. The van der Waals surface area contributed by atoms with Crippen LogP contribution in [0.1, 0.15) is 111 Å². The van der Waals surface area contributed by atoms with Gasteiger partial charge in [0.15, 0.2) is 0 Å². The van der Waals surface area contributed by atoms with Gasteiger partial charge in [-0.2, -0.15) is 0 Å². The third-order valence-corrected chi connectivity index (χ3v) is 10.6. The number of allylic oxidation sites excluding steroid dienone is 4. The molecule has 0 aromatic rings. The van der Waals surface area contributed by atoms with Crippen LogP contribution < -0.4 is 0 Å². The molecule has 0 aliphatic heterocycles. The first kappa shape index (κ1) is 20.3. The second-order valence-electron chi connectivity index (χ2n) is 12.1. The van der Waals surface area contributed by atoms with Crippen LogP contribution in [0, 0.1) is 34.5 Å². The van der Waals surface area contributed by atoms with Crippen molar-refractivity contribution in [3.63, 3.8) is 0 Å². The lowest BCUT2D eigenvalue weighted by atomic mass is 9.51. The molecule has 1 N–H and O–H groups in total. The molecule has 0 aromatic carbocycles. The van der Waals surface area contributed by atoms with E-state index in [4.69, 9.17) is 0 Å². The van der Waals surface area contributed by atoms with E-state index < -0.39 is 0 Å². The van der Waals surface area contributed by atoms with Gasteiger partial charge in [0, 0.05) is 0 Å². The average Bonchev–Trinajstić information content (AvgIpc) is 3.06. The second-order valence-corrected chi connectivity index (χ2v) is 12.1. The van der Waals surface area contributed by atoms with Crippen LogP contribution in [0.3, 0.4) is 0 Å². The Kier molecular flexibility index (Phi) is 5.29. The van der Waals surface area contributed by atoms with Crippen LogP contribution in [0.25, 0.3) is 0 Å². The van der Waals surface area contributed by atoms with E-state index in [-0.39, 0.29) is 6.10 Å². The summed E-state index contributed by atoms with van der Waals surface area (Å²) in [5.41, 5.74) is 6.21. The summed E-state index contributed by atoms with van der Waals surface area (Å²) in [5, 5.41) is 10.3. The summed E-state index contributed by atoms with van der Waals surface area (Å²) in [4.78, 5) is 0. The molecule has 6 atom stereocenters. The molecule has 0 bridgehead atoms. The SMILES string of the molecule is C[C@H](CC1CCCCC1)[C@H]1CC=C2C3=C(CC[C@@]21C)[C@@]1(C)CC[C@H](O)C[C@@H]1CC3. The van der Waals surface area contributed by atoms with Crippen molar-refractivity contribution in [3.05, 3.63) is 22.8 Å². The maximum atomic E-state index is 10.3. The van der Waals surface area contributed by atoms with E-state index in [0.717, 1.165) is 36.5 Å². The van der Waals surface area contributed by atoms with Crippen molar-refractivity contribution in [1.29, 1.82) is 0 Å². The number of aliphatic hydroxyl groups is 1. The number of aliphatic hydroxyl groups excluding tert-OH is 1. The van der Waals surface area contributed by atoms with Gasteiger partial charge in [0.1, 0.15) is 0 Å². The van der Waals surface area contributed by atoms with Gasteiger partial charge < -0.3 is 5.11 Å². The minimum Gasteiger partial charge on any atom is -0.393 e. The highest BCUT2D eigenvalue weighted by atomic mass is 16.3. The van der Waals surface area contributed by atoms with Gasteiger partial charge in [-0.3, -0.25) is 0 Å². The smallest absolute Gasteiger partial charge is 0.0543 e. The van der Waals surface area contributed by atoms with E-state index in [9.17, 15) is 5.11 Å². The molecule has 5 aliphatic rings. The highest BCUT2D eigenvalue weighted by Crippen LogP contribution is 2.64. The molecule has 0 unspecified atom stereocenters. The monoisotopic (exact) mass is 396 g/mol. The molecule has 1 heteroatoms. The first-order valence-electron chi connectivity index (χ1n) is 13.0. The summed E-state index contributed by atoms with van der Waals surface area (Å²) >= 11 is 0. The molecule has 0 aromatic heterocycles. The molecule has 0 heterocycles. The molecule has 5 rings (SSSR count). The molecule has 2 saturated carbocycles. The number of hydrogen-bond donors (Lipinski definition) is 1. The standard InChI is InChI=1S/C28H44O/c1-19(17-20-7-5-4-6-8-20)24-11-12-25-23-10-9-21-18-22(29)13-15-27(21,2)26(23)14-16-28(24,25)3/h12,19-22,24,29H,4-11,13-18H2,1-3H3/t19-,21+,22+,24-,27+,28-/m1/s1. The van der Waals surface area contributed by atoms with Crippen LogP contribution in [0.4, 0.5) is 0 Å². The Labute approximate surface area is 179 Å². The average molecular weight is 397 g/mol. The van der Waals surface area contributed by atoms with Crippen molar-refractivity contribution >= 4 is 0 Å². The molecule has 0 amide bonds. The fraction of sp³-hybridized carbons (Fsp3) is 0.857. The van der Waals surface area contributed by atoms with Gasteiger partial charge in [-0.1, -0.05) is 64.5 Å². The Hall–Kier alpha value is -0.560. The molecule has 0 radical (unpaired) electrons. The van der Waals surface area contributed by atoms with Crippen molar-refractivity contribution in [3.8, 4) is 0 Å². The van der Waals surface area contributed by atoms with Crippen LogP contribution in [-0.4, -0.2) is 11.2 Å². The summed E-state index contributed by atoms with van der Waals surface area (Å²) in [6.07, 6.45) is 21.5. The van der Waals surface area contributed by atoms with E-state index in [1.165, 1.54) is 77.0 Å². The molecule has 5 aliphatic carbocycles. The largest absolute Gasteiger partial charge is 0.393 e. The normalized spacial score (nSPS) is 44.0. The fourth-order valence-electron chi connectivity index (χ4n) is 8.84. The lowest BCUT2D eigenvalue weighted by Crippen LogP contribution is -2.44. The summed E-state index contributed by atoms with van der Waals surface area (Å²) in [6, 6.07) is 0. The topological polar surface area (TPSA) is 20.2 Å². The van der Waals surface area contributed by atoms with Crippen LogP contribution in [-0.2, 0) is 0 Å². The quantitative estimate of drug-likeness (QED) is 0.521. The zero-order valence-electron chi connectivity index (χ0n) is 19.3. The zero-order chi connectivity index (χ0) is 20.2. The van der Waals surface area contributed by atoms with E-state index in [2.05, 4.69) is 26.8 Å². The first-order chi connectivity index (χ1) is 13.9. The van der Waals surface area contributed by atoms with Gasteiger partial charge in [-0.25, -0.2) is 0 Å². The minimum absolute atomic E-state index is 0.0419. The highest BCUT2D eigenvalue weighted by Gasteiger charge is 2.53. The van der Waals surface area contributed by atoms with Crippen molar-refractivity contribution in [2.45, 2.75) is 117 Å². The van der Waals surface area contributed by atoms with E-state index in [0.29, 0.717) is 10.8 Å².